The molecule has 126 valence electrons. The number of piperidine rings is 1. The lowest BCUT2D eigenvalue weighted by Gasteiger charge is -2.40. The fraction of sp³-hybridized carbons (Fsp3) is 0.526. The lowest BCUT2D eigenvalue weighted by Crippen LogP contribution is -2.58. The van der Waals surface area contributed by atoms with E-state index < -0.39 is 5.60 Å². The summed E-state index contributed by atoms with van der Waals surface area (Å²) >= 11 is 0. The molecule has 1 heterocycles. The SMILES string of the molecule is C=C(C)CN(C)C[C@]1(O)CCCN(Cc2cccc(C)c2)C1=O. The average molecular weight is 316 g/mol. The topological polar surface area (TPSA) is 43.8 Å². The van der Waals surface area contributed by atoms with Crippen molar-refractivity contribution in [3.63, 3.8) is 0 Å². The monoisotopic (exact) mass is 316 g/mol. The van der Waals surface area contributed by atoms with Gasteiger partial charge in [0.05, 0.1) is 0 Å². The Balaban J connectivity index is 2.06. The van der Waals surface area contributed by atoms with Crippen molar-refractivity contribution in [2.75, 3.05) is 26.7 Å². The summed E-state index contributed by atoms with van der Waals surface area (Å²) in [5.41, 5.74) is 2.03. The number of rotatable bonds is 6. The zero-order valence-electron chi connectivity index (χ0n) is 14.5. The maximum absolute atomic E-state index is 12.8. The predicted octanol–water partition coefficient (Wildman–Crippen LogP) is 2.36. The van der Waals surface area contributed by atoms with Crippen molar-refractivity contribution in [1.82, 2.24) is 9.80 Å². The van der Waals surface area contributed by atoms with Gasteiger partial charge in [-0.05, 0) is 39.3 Å². The molecule has 0 radical (unpaired) electrons. The van der Waals surface area contributed by atoms with E-state index in [4.69, 9.17) is 0 Å². The van der Waals surface area contributed by atoms with Gasteiger partial charge in [-0.25, -0.2) is 0 Å². The maximum Gasteiger partial charge on any atom is 0.256 e. The molecule has 1 saturated heterocycles. The number of benzene rings is 1. The van der Waals surface area contributed by atoms with Gasteiger partial charge in [-0.3, -0.25) is 9.69 Å². The highest BCUT2D eigenvalue weighted by atomic mass is 16.3. The summed E-state index contributed by atoms with van der Waals surface area (Å²) < 4.78 is 0. The van der Waals surface area contributed by atoms with Crippen LogP contribution in [0.2, 0.25) is 0 Å². The van der Waals surface area contributed by atoms with Crippen LogP contribution in [0.3, 0.4) is 0 Å². The molecule has 0 spiro atoms. The first-order chi connectivity index (χ1) is 10.8. The first kappa shape index (κ1) is 17.7. The van der Waals surface area contributed by atoms with Crippen molar-refractivity contribution in [3.05, 3.63) is 47.5 Å². The number of nitrogens with zero attached hydrogens (tertiary/aromatic N) is 2. The summed E-state index contributed by atoms with van der Waals surface area (Å²) in [6, 6.07) is 8.17. The Morgan fingerprint density at radius 1 is 1.48 bits per heavy atom. The summed E-state index contributed by atoms with van der Waals surface area (Å²) in [5.74, 6) is -0.154. The normalized spacial score (nSPS) is 21.8. The minimum atomic E-state index is -1.29. The smallest absolute Gasteiger partial charge is 0.256 e. The molecule has 0 bridgehead atoms. The molecule has 1 aromatic rings. The van der Waals surface area contributed by atoms with E-state index in [1.165, 1.54) is 5.56 Å². The molecule has 1 aliphatic rings. The van der Waals surface area contributed by atoms with Gasteiger partial charge in [-0.15, -0.1) is 0 Å². The van der Waals surface area contributed by atoms with Crippen molar-refractivity contribution in [2.24, 2.45) is 0 Å². The first-order valence-corrected chi connectivity index (χ1v) is 8.20. The van der Waals surface area contributed by atoms with Gasteiger partial charge in [-0.1, -0.05) is 42.0 Å². The molecular formula is C19H28N2O2. The largest absolute Gasteiger partial charge is 0.379 e. The van der Waals surface area contributed by atoms with E-state index in [1.807, 2.05) is 44.0 Å². The molecular weight excluding hydrogens is 288 g/mol. The zero-order valence-corrected chi connectivity index (χ0v) is 14.5. The second-order valence-corrected chi connectivity index (χ2v) is 6.98. The molecule has 1 aromatic carbocycles. The van der Waals surface area contributed by atoms with Gasteiger partial charge in [0.2, 0.25) is 0 Å². The Labute approximate surface area is 139 Å². The third-order valence-electron chi connectivity index (χ3n) is 4.23. The van der Waals surface area contributed by atoms with E-state index in [-0.39, 0.29) is 5.91 Å². The van der Waals surface area contributed by atoms with Crippen LogP contribution in [0.4, 0.5) is 0 Å². The number of aliphatic hydroxyl groups is 1. The van der Waals surface area contributed by atoms with Crippen LogP contribution in [0.15, 0.2) is 36.4 Å². The molecule has 1 atom stereocenters. The van der Waals surface area contributed by atoms with Crippen LogP contribution >= 0.6 is 0 Å². The summed E-state index contributed by atoms with van der Waals surface area (Å²) in [6.45, 7) is 10.2. The van der Waals surface area contributed by atoms with E-state index in [2.05, 4.69) is 12.6 Å². The predicted molar refractivity (Wildman–Crippen MR) is 93.1 cm³/mol. The van der Waals surface area contributed by atoms with Crippen molar-refractivity contribution in [2.45, 2.75) is 38.8 Å². The van der Waals surface area contributed by atoms with Crippen LogP contribution in [-0.4, -0.2) is 53.1 Å². The van der Waals surface area contributed by atoms with Gasteiger partial charge in [0.15, 0.2) is 5.60 Å². The van der Waals surface area contributed by atoms with Gasteiger partial charge in [0, 0.05) is 26.2 Å². The van der Waals surface area contributed by atoms with Crippen molar-refractivity contribution in [3.8, 4) is 0 Å². The number of hydrogen-bond acceptors (Lipinski definition) is 3. The first-order valence-electron chi connectivity index (χ1n) is 8.20. The van der Waals surface area contributed by atoms with E-state index in [0.717, 1.165) is 17.6 Å². The molecule has 1 fully saturated rings. The number of likely N-dealkylation sites (tertiary alicyclic amines) is 1. The molecule has 1 amide bonds. The van der Waals surface area contributed by atoms with Crippen LogP contribution in [-0.2, 0) is 11.3 Å². The highest BCUT2D eigenvalue weighted by molar-refractivity contribution is 5.86. The van der Waals surface area contributed by atoms with E-state index in [1.54, 1.807) is 4.90 Å². The maximum atomic E-state index is 12.8. The second-order valence-electron chi connectivity index (χ2n) is 6.98. The van der Waals surface area contributed by atoms with Gasteiger partial charge >= 0.3 is 0 Å². The van der Waals surface area contributed by atoms with Crippen LogP contribution in [0.1, 0.15) is 30.9 Å². The Kier molecular flexibility index (Phi) is 5.60. The van der Waals surface area contributed by atoms with E-state index in [0.29, 0.717) is 32.6 Å². The summed E-state index contributed by atoms with van der Waals surface area (Å²) in [4.78, 5) is 16.5. The van der Waals surface area contributed by atoms with Crippen LogP contribution in [0, 0.1) is 6.92 Å². The molecule has 1 aliphatic heterocycles. The molecule has 2 rings (SSSR count). The van der Waals surface area contributed by atoms with Crippen molar-refractivity contribution >= 4 is 5.91 Å². The van der Waals surface area contributed by atoms with E-state index in [9.17, 15) is 9.90 Å². The second kappa shape index (κ2) is 7.28. The number of carbonyl (C=O) groups is 1. The molecule has 0 aliphatic carbocycles. The van der Waals surface area contributed by atoms with Gasteiger partial charge in [0.1, 0.15) is 0 Å². The lowest BCUT2D eigenvalue weighted by molar-refractivity contribution is -0.159. The van der Waals surface area contributed by atoms with E-state index >= 15 is 0 Å². The molecule has 1 N–H and O–H groups in total. The highest BCUT2D eigenvalue weighted by Gasteiger charge is 2.42. The average Bonchev–Trinajstić information content (AvgIpc) is 2.43. The zero-order chi connectivity index (χ0) is 17.0. The number of likely N-dealkylation sites (N-methyl/N-ethyl adjacent to an activating group) is 1. The minimum Gasteiger partial charge on any atom is -0.379 e. The van der Waals surface area contributed by atoms with Crippen molar-refractivity contribution < 1.29 is 9.90 Å². The minimum absolute atomic E-state index is 0.154. The molecule has 0 saturated carbocycles. The lowest BCUT2D eigenvalue weighted by atomic mass is 9.90. The quantitative estimate of drug-likeness (QED) is 0.819. The van der Waals surface area contributed by atoms with Crippen LogP contribution < -0.4 is 0 Å². The molecule has 4 heteroatoms. The fourth-order valence-electron chi connectivity index (χ4n) is 3.36. The van der Waals surface area contributed by atoms with Gasteiger partial charge in [-0.2, -0.15) is 0 Å². The number of carbonyl (C=O) groups excluding carboxylic acids is 1. The number of amides is 1. The Morgan fingerprint density at radius 2 is 2.22 bits per heavy atom. The summed E-state index contributed by atoms with van der Waals surface area (Å²) in [6.07, 6.45) is 1.35. The van der Waals surface area contributed by atoms with Gasteiger partial charge < -0.3 is 10.0 Å². The summed E-state index contributed by atoms with van der Waals surface area (Å²) in [5, 5.41) is 10.9. The Morgan fingerprint density at radius 3 is 2.87 bits per heavy atom. The fourth-order valence-corrected chi connectivity index (χ4v) is 3.36. The number of aryl methyl sites for hydroxylation is 1. The molecule has 0 unspecified atom stereocenters. The molecule has 23 heavy (non-hydrogen) atoms. The third kappa shape index (κ3) is 4.66. The Hall–Kier alpha value is -1.65. The Bertz CT molecular complexity index is 584. The molecule has 4 nitrogen and oxygen atoms in total. The number of hydrogen-bond donors (Lipinski definition) is 1. The third-order valence-corrected chi connectivity index (χ3v) is 4.23. The van der Waals surface area contributed by atoms with Gasteiger partial charge in [0.25, 0.3) is 5.91 Å². The highest BCUT2D eigenvalue weighted by Crippen LogP contribution is 2.25. The van der Waals surface area contributed by atoms with Crippen LogP contribution in [0.25, 0.3) is 0 Å². The standard InChI is InChI=1S/C19H28N2O2/c1-15(2)12-20(4)14-19(23)9-6-10-21(18(19)22)13-17-8-5-7-16(3)11-17/h5,7-8,11,23H,1,6,9-10,12-14H2,2-4H3/t19-/m1/s1. The van der Waals surface area contributed by atoms with Crippen molar-refractivity contribution in [1.29, 1.82) is 0 Å². The summed E-state index contributed by atoms with van der Waals surface area (Å²) in [7, 11) is 1.92. The molecule has 0 aromatic heterocycles. The van der Waals surface area contributed by atoms with Crippen LogP contribution in [0.5, 0.6) is 0 Å².